The summed E-state index contributed by atoms with van der Waals surface area (Å²) in [6, 6.07) is 1.55. The van der Waals surface area contributed by atoms with E-state index < -0.39 is 5.97 Å². The van der Waals surface area contributed by atoms with E-state index in [2.05, 4.69) is 4.90 Å². The molecule has 1 saturated heterocycles. The van der Waals surface area contributed by atoms with Crippen LogP contribution in [0.15, 0.2) is 0 Å². The lowest BCUT2D eigenvalue weighted by Crippen LogP contribution is -2.31. The number of likely N-dealkylation sites (tertiary alicyclic amines) is 1. The minimum absolute atomic E-state index is 0.342. The van der Waals surface area contributed by atoms with Crippen LogP contribution in [0.2, 0.25) is 0 Å². The Labute approximate surface area is 85.1 Å². The third kappa shape index (κ3) is 2.47. The van der Waals surface area contributed by atoms with E-state index in [1.807, 2.05) is 0 Å². The molecule has 0 spiro atoms. The molecule has 1 unspecified atom stereocenters. The number of carbonyl (C=O) groups is 1. The fourth-order valence-electron chi connectivity index (χ4n) is 2.54. The Morgan fingerprint density at radius 2 is 2.14 bits per heavy atom. The van der Waals surface area contributed by atoms with E-state index in [-0.39, 0.29) is 0 Å². The van der Waals surface area contributed by atoms with E-state index in [1.165, 1.54) is 32.2 Å². The molecule has 1 atom stereocenters. The lowest BCUT2D eigenvalue weighted by molar-refractivity contribution is -0.137. The third-order valence-electron chi connectivity index (χ3n) is 3.37. The van der Waals surface area contributed by atoms with Gasteiger partial charge in [-0.25, -0.2) is 0 Å². The van der Waals surface area contributed by atoms with Crippen molar-refractivity contribution in [3.63, 3.8) is 0 Å². The smallest absolute Gasteiger partial charge is 0.303 e. The van der Waals surface area contributed by atoms with E-state index in [4.69, 9.17) is 5.11 Å². The highest BCUT2D eigenvalue weighted by atomic mass is 16.4. The maximum atomic E-state index is 10.4. The van der Waals surface area contributed by atoms with Crippen LogP contribution in [0.4, 0.5) is 0 Å². The predicted octanol–water partition coefficient (Wildman–Crippen LogP) is 1.87. The number of aliphatic carboxylic acids is 1. The maximum Gasteiger partial charge on any atom is 0.303 e. The van der Waals surface area contributed by atoms with Crippen LogP contribution in [0, 0.1) is 0 Å². The second-order valence-corrected chi connectivity index (χ2v) is 4.55. The molecule has 0 aromatic heterocycles. The Morgan fingerprint density at radius 3 is 2.79 bits per heavy atom. The van der Waals surface area contributed by atoms with Crippen LogP contribution >= 0.6 is 0 Å². The first kappa shape index (κ1) is 9.97. The summed E-state index contributed by atoms with van der Waals surface area (Å²) >= 11 is 0. The van der Waals surface area contributed by atoms with E-state index in [9.17, 15) is 4.79 Å². The molecule has 0 radical (unpaired) electrons. The number of hydrogen-bond acceptors (Lipinski definition) is 2. The lowest BCUT2D eigenvalue weighted by Gasteiger charge is -2.23. The number of carboxylic acid groups (broad SMARTS) is 1. The average molecular weight is 197 g/mol. The zero-order chi connectivity index (χ0) is 9.97. The van der Waals surface area contributed by atoms with Gasteiger partial charge in [0.05, 0.1) is 0 Å². The molecular formula is C11H19NO2. The van der Waals surface area contributed by atoms with Crippen molar-refractivity contribution in [2.45, 2.75) is 57.0 Å². The van der Waals surface area contributed by atoms with Gasteiger partial charge in [-0.1, -0.05) is 0 Å². The standard InChI is InChI=1S/C11H19NO2/c13-11(14)5-1-3-9-4-2-8-12(9)10-6-7-10/h9-10H,1-8H2,(H,13,14). The molecule has 1 saturated carbocycles. The summed E-state index contributed by atoms with van der Waals surface area (Å²) in [4.78, 5) is 13.0. The molecule has 80 valence electrons. The Bertz CT molecular complexity index is 213. The highest BCUT2D eigenvalue weighted by Crippen LogP contribution is 2.34. The molecule has 0 aromatic rings. The van der Waals surface area contributed by atoms with Gasteiger partial charge in [-0.05, 0) is 45.1 Å². The Kier molecular flexibility index (Phi) is 3.06. The van der Waals surface area contributed by atoms with E-state index >= 15 is 0 Å². The second-order valence-electron chi connectivity index (χ2n) is 4.55. The van der Waals surface area contributed by atoms with Gasteiger partial charge in [-0.3, -0.25) is 9.69 Å². The lowest BCUT2D eigenvalue weighted by atomic mass is 10.1. The van der Waals surface area contributed by atoms with Crippen LogP contribution in [0.1, 0.15) is 44.9 Å². The summed E-state index contributed by atoms with van der Waals surface area (Å²) in [5.74, 6) is -0.652. The molecule has 1 heterocycles. The van der Waals surface area contributed by atoms with Gasteiger partial charge in [-0.2, -0.15) is 0 Å². The molecule has 1 aliphatic carbocycles. The topological polar surface area (TPSA) is 40.5 Å². The number of carboxylic acids is 1. The molecule has 0 bridgehead atoms. The van der Waals surface area contributed by atoms with Crippen molar-refractivity contribution in [2.24, 2.45) is 0 Å². The Balaban J connectivity index is 1.70. The van der Waals surface area contributed by atoms with Gasteiger partial charge in [0, 0.05) is 18.5 Å². The van der Waals surface area contributed by atoms with Crippen LogP contribution in [0.3, 0.4) is 0 Å². The molecule has 0 amide bonds. The molecular weight excluding hydrogens is 178 g/mol. The number of rotatable bonds is 5. The quantitative estimate of drug-likeness (QED) is 0.731. The van der Waals surface area contributed by atoms with Crippen LogP contribution < -0.4 is 0 Å². The number of nitrogens with zero attached hydrogens (tertiary/aromatic N) is 1. The third-order valence-corrected chi connectivity index (χ3v) is 3.37. The summed E-state index contributed by atoms with van der Waals surface area (Å²) in [5, 5.41) is 8.56. The predicted molar refractivity (Wildman–Crippen MR) is 54.2 cm³/mol. The van der Waals surface area contributed by atoms with Crippen LogP contribution in [0.25, 0.3) is 0 Å². The molecule has 1 aliphatic heterocycles. The van der Waals surface area contributed by atoms with Crippen molar-refractivity contribution in [1.29, 1.82) is 0 Å². The normalized spacial score (nSPS) is 28.1. The molecule has 3 nitrogen and oxygen atoms in total. The van der Waals surface area contributed by atoms with E-state index in [0.29, 0.717) is 12.5 Å². The van der Waals surface area contributed by atoms with Crippen molar-refractivity contribution >= 4 is 5.97 Å². The van der Waals surface area contributed by atoms with Gasteiger partial charge in [0.15, 0.2) is 0 Å². The minimum Gasteiger partial charge on any atom is -0.481 e. The monoisotopic (exact) mass is 197 g/mol. The van der Waals surface area contributed by atoms with Crippen molar-refractivity contribution in [3.8, 4) is 0 Å². The fraction of sp³-hybridized carbons (Fsp3) is 0.909. The molecule has 2 fully saturated rings. The van der Waals surface area contributed by atoms with Gasteiger partial charge in [0.1, 0.15) is 0 Å². The van der Waals surface area contributed by atoms with Gasteiger partial charge < -0.3 is 5.11 Å². The second kappa shape index (κ2) is 4.30. The molecule has 0 aromatic carbocycles. The van der Waals surface area contributed by atoms with Gasteiger partial charge >= 0.3 is 5.97 Å². The fourth-order valence-corrected chi connectivity index (χ4v) is 2.54. The van der Waals surface area contributed by atoms with Crippen LogP contribution in [-0.2, 0) is 4.79 Å². The van der Waals surface area contributed by atoms with Gasteiger partial charge in [0.25, 0.3) is 0 Å². The zero-order valence-electron chi connectivity index (χ0n) is 8.61. The highest BCUT2D eigenvalue weighted by Gasteiger charge is 2.36. The first-order chi connectivity index (χ1) is 6.77. The number of hydrogen-bond donors (Lipinski definition) is 1. The highest BCUT2D eigenvalue weighted by molar-refractivity contribution is 5.66. The molecule has 2 rings (SSSR count). The first-order valence-corrected chi connectivity index (χ1v) is 5.75. The Morgan fingerprint density at radius 1 is 1.36 bits per heavy atom. The van der Waals surface area contributed by atoms with Gasteiger partial charge in [-0.15, -0.1) is 0 Å². The zero-order valence-corrected chi connectivity index (χ0v) is 8.61. The summed E-state index contributed by atoms with van der Waals surface area (Å²) < 4.78 is 0. The maximum absolute atomic E-state index is 10.4. The van der Waals surface area contributed by atoms with Crippen LogP contribution in [0.5, 0.6) is 0 Å². The molecule has 1 N–H and O–H groups in total. The minimum atomic E-state index is -0.652. The molecule has 3 heteroatoms. The Hall–Kier alpha value is -0.570. The summed E-state index contributed by atoms with van der Waals surface area (Å²) in [6.07, 6.45) is 7.62. The van der Waals surface area contributed by atoms with Crippen molar-refractivity contribution in [2.75, 3.05) is 6.54 Å². The van der Waals surface area contributed by atoms with Crippen molar-refractivity contribution < 1.29 is 9.90 Å². The summed E-state index contributed by atoms with van der Waals surface area (Å²) in [7, 11) is 0. The SMILES string of the molecule is O=C(O)CCCC1CCCN1C1CC1. The van der Waals surface area contributed by atoms with E-state index in [1.54, 1.807) is 0 Å². The first-order valence-electron chi connectivity index (χ1n) is 5.75. The average Bonchev–Trinajstić information content (AvgIpc) is 2.87. The van der Waals surface area contributed by atoms with Crippen molar-refractivity contribution in [3.05, 3.63) is 0 Å². The van der Waals surface area contributed by atoms with Crippen molar-refractivity contribution in [1.82, 2.24) is 4.90 Å². The van der Waals surface area contributed by atoms with E-state index in [0.717, 1.165) is 18.9 Å². The molecule has 2 aliphatic rings. The molecule has 14 heavy (non-hydrogen) atoms. The summed E-state index contributed by atoms with van der Waals surface area (Å²) in [5.41, 5.74) is 0. The van der Waals surface area contributed by atoms with Gasteiger partial charge in [0.2, 0.25) is 0 Å². The largest absolute Gasteiger partial charge is 0.481 e. The summed E-state index contributed by atoms with van der Waals surface area (Å²) in [6.45, 7) is 1.25. The van der Waals surface area contributed by atoms with Crippen LogP contribution in [-0.4, -0.2) is 34.6 Å².